The maximum atomic E-state index is 5.59. The van der Waals surface area contributed by atoms with Crippen molar-refractivity contribution in [2.75, 3.05) is 36.5 Å². The van der Waals surface area contributed by atoms with Gasteiger partial charge in [-0.2, -0.15) is 15.0 Å². The average molecular weight is 295 g/mol. The molecule has 0 amide bonds. The first-order chi connectivity index (χ1) is 10.2. The number of nitrogens with one attached hydrogen (secondary N) is 1. The molecule has 0 aromatic carbocycles. The van der Waals surface area contributed by atoms with Crippen LogP contribution in [0.5, 0.6) is 6.01 Å². The molecule has 0 saturated heterocycles. The van der Waals surface area contributed by atoms with Crippen LogP contribution in [0.15, 0.2) is 0 Å². The molecule has 6 heteroatoms. The summed E-state index contributed by atoms with van der Waals surface area (Å²) in [5.74, 6) is 1.30. The van der Waals surface area contributed by atoms with Crippen LogP contribution in [-0.4, -0.2) is 41.2 Å². The maximum Gasteiger partial charge on any atom is 0.323 e. The van der Waals surface area contributed by atoms with Crippen LogP contribution in [0.25, 0.3) is 0 Å². The third-order valence-electron chi connectivity index (χ3n) is 3.02. The molecule has 0 bridgehead atoms. The van der Waals surface area contributed by atoms with E-state index in [1.54, 1.807) is 0 Å². The first-order valence-corrected chi connectivity index (χ1v) is 8.12. The fourth-order valence-electron chi connectivity index (χ4n) is 1.81. The van der Waals surface area contributed by atoms with Gasteiger partial charge in [-0.15, -0.1) is 0 Å². The predicted molar refractivity (Wildman–Crippen MR) is 87.2 cm³/mol. The molecule has 6 nitrogen and oxygen atoms in total. The minimum Gasteiger partial charge on any atom is -0.463 e. The van der Waals surface area contributed by atoms with E-state index in [1.807, 2.05) is 0 Å². The Kier molecular flexibility index (Phi) is 8.47. The van der Waals surface area contributed by atoms with Gasteiger partial charge in [0.1, 0.15) is 0 Å². The molecule has 0 atom stereocenters. The quantitative estimate of drug-likeness (QED) is 0.677. The Balaban J connectivity index is 2.92. The van der Waals surface area contributed by atoms with E-state index in [4.69, 9.17) is 4.74 Å². The molecule has 1 aromatic rings. The average Bonchev–Trinajstić information content (AvgIpc) is 2.51. The number of anilines is 2. The Morgan fingerprint density at radius 1 is 1.00 bits per heavy atom. The molecule has 21 heavy (non-hydrogen) atoms. The SMILES string of the molecule is CCCCN(CC)c1nc(NCCC)nc(OCCC)n1. The van der Waals surface area contributed by atoms with E-state index < -0.39 is 0 Å². The first kappa shape index (κ1) is 17.5. The lowest BCUT2D eigenvalue weighted by molar-refractivity contribution is 0.292. The third-order valence-corrected chi connectivity index (χ3v) is 3.02. The van der Waals surface area contributed by atoms with Crippen molar-refractivity contribution in [1.82, 2.24) is 15.0 Å². The largest absolute Gasteiger partial charge is 0.463 e. The van der Waals surface area contributed by atoms with Crippen molar-refractivity contribution < 1.29 is 4.74 Å². The van der Waals surface area contributed by atoms with Crippen LogP contribution in [0.2, 0.25) is 0 Å². The zero-order valence-corrected chi connectivity index (χ0v) is 13.9. The molecule has 1 rings (SSSR count). The molecular weight excluding hydrogens is 266 g/mol. The smallest absolute Gasteiger partial charge is 0.323 e. The van der Waals surface area contributed by atoms with Gasteiger partial charge in [0.25, 0.3) is 0 Å². The van der Waals surface area contributed by atoms with E-state index in [0.29, 0.717) is 24.5 Å². The highest BCUT2D eigenvalue weighted by Gasteiger charge is 2.12. The van der Waals surface area contributed by atoms with Gasteiger partial charge in [-0.05, 0) is 26.2 Å². The van der Waals surface area contributed by atoms with Crippen molar-refractivity contribution in [3.05, 3.63) is 0 Å². The Labute approximate surface area is 128 Å². The molecule has 0 saturated carbocycles. The van der Waals surface area contributed by atoms with Crippen LogP contribution in [0.1, 0.15) is 53.4 Å². The van der Waals surface area contributed by atoms with Crippen molar-refractivity contribution in [2.24, 2.45) is 0 Å². The number of nitrogens with zero attached hydrogens (tertiary/aromatic N) is 4. The molecule has 1 heterocycles. The van der Waals surface area contributed by atoms with Crippen molar-refractivity contribution in [2.45, 2.75) is 53.4 Å². The normalized spacial score (nSPS) is 10.5. The van der Waals surface area contributed by atoms with Gasteiger partial charge < -0.3 is 15.0 Å². The first-order valence-electron chi connectivity index (χ1n) is 8.12. The zero-order valence-electron chi connectivity index (χ0n) is 13.9. The van der Waals surface area contributed by atoms with E-state index >= 15 is 0 Å². The highest BCUT2D eigenvalue weighted by molar-refractivity contribution is 5.38. The molecule has 0 unspecified atom stereocenters. The monoisotopic (exact) mass is 295 g/mol. The van der Waals surface area contributed by atoms with E-state index in [9.17, 15) is 0 Å². The summed E-state index contributed by atoms with van der Waals surface area (Å²) in [6, 6.07) is 0.412. The number of hydrogen-bond acceptors (Lipinski definition) is 6. The Morgan fingerprint density at radius 2 is 1.81 bits per heavy atom. The van der Waals surface area contributed by atoms with E-state index in [-0.39, 0.29) is 0 Å². The second-order valence-corrected chi connectivity index (χ2v) is 4.95. The number of rotatable bonds is 11. The highest BCUT2D eigenvalue weighted by Crippen LogP contribution is 2.16. The number of aromatic nitrogens is 3. The van der Waals surface area contributed by atoms with E-state index in [0.717, 1.165) is 45.3 Å². The Bertz CT molecular complexity index is 373. The molecule has 1 aromatic heterocycles. The standard InChI is InChI=1S/C15H29N5O/c1-5-9-11-20(8-4)14-17-13(16-10-6-2)18-15(19-14)21-12-7-3/h5-12H2,1-4H3,(H,16,17,18,19). The summed E-state index contributed by atoms with van der Waals surface area (Å²) in [6.45, 7) is 11.8. The van der Waals surface area contributed by atoms with Crippen LogP contribution in [0, 0.1) is 0 Å². The second-order valence-electron chi connectivity index (χ2n) is 4.95. The van der Waals surface area contributed by atoms with E-state index in [1.165, 1.54) is 0 Å². The lowest BCUT2D eigenvalue weighted by atomic mass is 10.3. The molecule has 1 N–H and O–H groups in total. The second kappa shape index (κ2) is 10.2. The number of unbranched alkanes of at least 4 members (excludes halogenated alkanes) is 1. The van der Waals surface area contributed by atoms with Gasteiger partial charge in [-0.3, -0.25) is 0 Å². The van der Waals surface area contributed by atoms with Gasteiger partial charge in [0, 0.05) is 19.6 Å². The van der Waals surface area contributed by atoms with Crippen LogP contribution in [0.3, 0.4) is 0 Å². The van der Waals surface area contributed by atoms with Crippen molar-refractivity contribution in [3.8, 4) is 6.01 Å². The minimum absolute atomic E-state index is 0.412. The fraction of sp³-hybridized carbons (Fsp3) is 0.800. The summed E-state index contributed by atoms with van der Waals surface area (Å²) in [5.41, 5.74) is 0. The van der Waals surface area contributed by atoms with Gasteiger partial charge >= 0.3 is 6.01 Å². The molecular formula is C15H29N5O. The van der Waals surface area contributed by atoms with Crippen LogP contribution < -0.4 is 15.0 Å². The van der Waals surface area contributed by atoms with Crippen LogP contribution >= 0.6 is 0 Å². The predicted octanol–water partition coefficient (Wildman–Crippen LogP) is 3.11. The minimum atomic E-state index is 0.412. The number of hydrogen-bond donors (Lipinski definition) is 1. The molecule has 0 fully saturated rings. The summed E-state index contributed by atoms with van der Waals surface area (Å²) >= 11 is 0. The van der Waals surface area contributed by atoms with Gasteiger partial charge in [0.05, 0.1) is 6.61 Å². The summed E-state index contributed by atoms with van der Waals surface area (Å²) in [5, 5.41) is 3.22. The van der Waals surface area contributed by atoms with E-state index in [2.05, 4.69) is 52.9 Å². The fourth-order valence-corrected chi connectivity index (χ4v) is 1.81. The number of ether oxygens (including phenoxy) is 1. The summed E-state index contributed by atoms with van der Waals surface area (Å²) in [7, 11) is 0. The zero-order chi connectivity index (χ0) is 15.5. The summed E-state index contributed by atoms with van der Waals surface area (Å²) < 4.78 is 5.59. The summed E-state index contributed by atoms with van der Waals surface area (Å²) in [6.07, 6.45) is 4.25. The third kappa shape index (κ3) is 6.14. The maximum absolute atomic E-state index is 5.59. The van der Waals surface area contributed by atoms with Crippen molar-refractivity contribution in [1.29, 1.82) is 0 Å². The molecule has 0 aliphatic carbocycles. The summed E-state index contributed by atoms with van der Waals surface area (Å²) in [4.78, 5) is 15.5. The van der Waals surface area contributed by atoms with Crippen LogP contribution in [-0.2, 0) is 0 Å². The molecule has 120 valence electrons. The molecule has 0 spiro atoms. The van der Waals surface area contributed by atoms with Gasteiger partial charge in [0.2, 0.25) is 11.9 Å². The van der Waals surface area contributed by atoms with Crippen molar-refractivity contribution in [3.63, 3.8) is 0 Å². The van der Waals surface area contributed by atoms with Gasteiger partial charge in [-0.1, -0.05) is 27.2 Å². The molecule has 0 aliphatic rings. The molecule has 0 radical (unpaired) electrons. The lowest BCUT2D eigenvalue weighted by Crippen LogP contribution is -2.27. The Morgan fingerprint density at radius 3 is 2.43 bits per heavy atom. The molecule has 0 aliphatic heterocycles. The Hall–Kier alpha value is -1.59. The van der Waals surface area contributed by atoms with Gasteiger partial charge in [0.15, 0.2) is 0 Å². The topological polar surface area (TPSA) is 63.2 Å². The lowest BCUT2D eigenvalue weighted by Gasteiger charge is -2.21. The van der Waals surface area contributed by atoms with Gasteiger partial charge in [-0.25, -0.2) is 0 Å². The van der Waals surface area contributed by atoms with Crippen LogP contribution in [0.4, 0.5) is 11.9 Å². The highest BCUT2D eigenvalue weighted by atomic mass is 16.5. The van der Waals surface area contributed by atoms with Crippen molar-refractivity contribution >= 4 is 11.9 Å².